The molecule has 0 N–H and O–H groups in total. The molecule has 0 bridgehead atoms. The number of hydrogen-bond acceptors (Lipinski definition) is 5. The third-order valence-electron chi connectivity index (χ3n) is 3.04. The van der Waals surface area contributed by atoms with Crippen molar-refractivity contribution in [2.24, 2.45) is 0 Å². The SMILES string of the molecule is CCOC(=O)c1cc(=O)nc2scc(-c3ccc(Cl)cc3)n12. The number of hydrogen-bond donors (Lipinski definition) is 0. The molecule has 0 aliphatic carbocycles. The second-order valence-corrected chi connectivity index (χ2v) is 5.72. The number of benzene rings is 1. The molecule has 22 heavy (non-hydrogen) atoms. The van der Waals surface area contributed by atoms with Gasteiger partial charge in [0.25, 0.3) is 5.56 Å². The van der Waals surface area contributed by atoms with Crippen LogP contribution >= 0.6 is 22.9 Å². The van der Waals surface area contributed by atoms with E-state index in [0.29, 0.717) is 9.98 Å². The molecule has 1 aromatic carbocycles. The van der Waals surface area contributed by atoms with Gasteiger partial charge in [0.05, 0.1) is 12.3 Å². The summed E-state index contributed by atoms with van der Waals surface area (Å²) in [6, 6.07) is 8.41. The maximum atomic E-state index is 12.1. The first-order chi connectivity index (χ1) is 10.6. The summed E-state index contributed by atoms with van der Waals surface area (Å²) in [7, 11) is 0. The molecule has 0 aliphatic rings. The van der Waals surface area contributed by atoms with Crippen LogP contribution in [0.2, 0.25) is 5.02 Å². The maximum absolute atomic E-state index is 12.1. The van der Waals surface area contributed by atoms with E-state index in [1.54, 1.807) is 23.5 Å². The molecule has 0 radical (unpaired) electrons. The number of carbonyl (C=O) groups excluding carboxylic acids is 1. The van der Waals surface area contributed by atoms with Crippen molar-refractivity contribution in [2.45, 2.75) is 6.92 Å². The molecular formula is C15H11ClN2O3S. The molecule has 0 amide bonds. The van der Waals surface area contributed by atoms with Crippen LogP contribution in [0.3, 0.4) is 0 Å². The van der Waals surface area contributed by atoms with Crippen LogP contribution in [0.4, 0.5) is 0 Å². The number of rotatable bonds is 3. The lowest BCUT2D eigenvalue weighted by atomic mass is 10.2. The molecule has 3 aromatic rings. The van der Waals surface area contributed by atoms with E-state index in [1.807, 2.05) is 17.5 Å². The fourth-order valence-corrected chi connectivity index (χ4v) is 3.14. The van der Waals surface area contributed by atoms with Crippen LogP contribution in [0.5, 0.6) is 0 Å². The normalized spacial score (nSPS) is 10.8. The molecule has 0 spiro atoms. The lowest BCUT2D eigenvalue weighted by molar-refractivity contribution is 0.0517. The van der Waals surface area contributed by atoms with Crippen molar-refractivity contribution < 1.29 is 9.53 Å². The van der Waals surface area contributed by atoms with Gasteiger partial charge >= 0.3 is 5.97 Å². The molecule has 0 saturated carbocycles. The summed E-state index contributed by atoms with van der Waals surface area (Å²) in [6.07, 6.45) is 0. The third-order valence-corrected chi connectivity index (χ3v) is 4.12. The zero-order chi connectivity index (χ0) is 15.7. The van der Waals surface area contributed by atoms with Gasteiger partial charge in [0, 0.05) is 16.5 Å². The van der Waals surface area contributed by atoms with Gasteiger partial charge in [-0.3, -0.25) is 9.20 Å². The van der Waals surface area contributed by atoms with Gasteiger partial charge in [-0.15, -0.1) is 11.3 Å². The van der Waals surface area contributed by atoms with E-state index in [2.05, 4.69) is 4.98 Å². The van der Waals surface area contributed by atoms with Crippen molar-refractivity contribution in [3.63, 3.8) is 0 Å². The van der Waals surface area contributed by atoms with Crippen molar-refractivity contribution in [2.75, 3.05) is 6.61 Å². The fourth-order valence-electron chi connectivity index (χ4n) is 2.11. The first-order valence-corrected chi connectivity index (χ1v) is 7.80. The van der Waals surface area contributed by atoms with Gasteiger partial charge in [-0.1, -0.05) is 23.7 Å². The lowest BCUT2D eigenvalue weighted by Crippen LogP contribution is -2.17. The van der Waals surface area contributed by atoms with Gasteiger partial charge in [0.1, 0.15) is 5.69 Å². The highest BCUT2D eigenvalue weighted by molar-refractivity contribution is 7.15. The second kappa shape index (κ2) is 5.90. The van der Waals surface area contributed by atoms with Crippen molar-refractivity contribution >= 4 is 33.9 Å². The number of halogens is 1. The number of esters is 1. The molecule has 0 atom stereocenters. The van der Waals surface area contributed by atoms with Gasteiger partial charge in [-0.05, 0) is 24.6 Å². The average molecular weight is 335 g/mol. The Kier molecular flexibility index (Phi) is 3.96. The summed E-state index contributed by atoms with van der Waals surface area (Å²) in [5, 5.41) is 2.46. The minimum Gasteiger partial charge on any atom is -0.461 e. The highest BCUT2D eigenvalue weighted by atomic mass is 35.5. The van der Waals surface area contributed by atoms with Crippen molar-refractivity contribution in [1.82, 2.24) is 9.38 Å². The van der Waals surface area contributed by atoms with Crippen LogP contribution in [0.15, 0.2) is 40.5 Å². The number of fused-ring (bicyclic) bond motifs is 1. The van der Waals surface area contributed by atoms with Gasteiger partial charge in [0.15, 0.2) is 4.96 Å². The van der Waals surface area contributed by atoms with Crippen LogP contribution in [0.1, 0.15) is 17.4 Å². The van der Waals surface area contributed by atoms with E-state index < -0.39 is 11.5 Å². The topological polar surface area (TPSA) is 60.7 Å². The molecule has 2 aromatic heterocycles. The predicted octanol–water partition coefficient (Wildman–Crippen LogP) is 3.25. The minimum absolute atomic E-state index is 0.169. The number of aromatic nitrogens is 2. The summed E-state index contributed by atoms with van der Waals surface area (Å²) in [6.45, 7) is 1.95. The first kappa shape index (κ1) is 14.7. The fraction of sp³-hybridized carbons (Fsp3) is 0.133. The van der Waals surface area contributed by atoms with E-state index in [4.69, 9.17) is 16.3 Å². The highest BCUT2D eigenvalue weighted by Crippen LogP contribution is 2.27. The Morgan fingerprint density at radius 1 is 1.36 bits per heavy atom. The molecule has 0 aliphatic heterocycles. The Bertz CT molecular complexity index is 899. The Labute approximate surface area is 134 Å². The largest absolute Gasteiger partial charge is 0.461 e. The van der Waals surface area contributed by atoms with E-state index in [1.165, 1.54) is 17.4 Å². The average Bonchev–Trinajstić information content (AvgIpc) is 2.91. The van der Waals surface area contributed by atoms with Crippen LogP contribution in [0.25, 0.3) is 16.2 Å². The number of carbonyl (C=O) groups is 1. The Hall–Kier alpha value is -2.18. The van der Waals surface area contributed by atoms with Crippen LogP contribution in [0, 0.1) is 0 Å². The summed E-state index contributed by atoms with van der Waals surface area (Å²) >= 11 is 7.19. The Morgan fingerprint density at radius 2 is 2.09 bits per heavy atom. The molecule has 5 nitrogen and oxygen atoms in total. The monoisotopic (exact) mass is 334 g/mol. The summed E-state index contributed by atoms with van der Waals surface area (Å²) < 4.78 is 6.66. The van der Waals surface area contributed by atoms with Gasteiger partial charge in [-0.25, -0.2) is 4.79 Å². The van der Waals surface area contributed by atoms with Gasteiger partial charge < -0.3 is 4.74 Å². The standard InChI is InChI=1S/C15H11ClN2O3S/c1-2-21-14(20)11-7-13(19)17-15-18(11)12(8-22-15)9-3-5-10(16)6-4-9/h3-8H,2H2,1H3. The molecular weight excluding hydrogens is 324 g/mol. The Balaban J connectivity index is 2.26. The maximum Gasteiger partial charge on any atom is 0.355 e. The van der Waals surface area contributed by atoms with E-state index in [0.717, 1.165) is 11.3 Å². The lowest BCUT2D eigenvalue weighted by Gasteiger charge is -2.08. The van der Waals surface area contributed by atoms with E-state index in [-0.39, 0.29) is 12.3 Å². The molecule has 2 heterocycles. The molecule has 7 heteroatoms. The van der Waals surface area contributed by atoms with E-state index in [9.17, 15) is 9.59 Å². The summed E-state index contributed by atoms with van der Waals surface area (Å²) in [4.78, 5) is 28.2. The number of nitrogens with zero attached hydrogens (tertiary/aromatic N) is 2. The second-order valence-electron chi connectivity index (χ2n) is 4.45. The van der Waals surface area contributed by atoms with Crippen LogP contribution < -0.4 is 5.56 Å². The molecule has 0 saturated heterocycles. The molecule has 3 rings (SSSR count). The smallest absolute Gasteiger partial charge is 0.355 e. The summed E-state index contributed by atoms with van der Waals surface area (Å²) in [5.41, 5.74) is 1.33. The zero-order valence-corrected chi connectivity index (χ0v) is 13.1. The van der Waals surface area contributed by atoms with Gasteiger partial charge in [0.2, 0.25) is 0 Å². The quantitative estimate of drug-likeness (QED) is 0.690. The minimum atomic E-state index is -0.550. The van der Waals surface area contributed by atoms with Crippen molar-refractivity contribution in [1.29, 1.82) is 0 Å². The molecule has 0 fully saturated rings. The molecule has 112 valence electrons. The van der Waals surface area contributed by atoms with Crippen LogP contribution in [-0.2, 0) is 4.74 Å². The number of ether oxygens (including phenoxy) is 1. The zero-order valence-electron chi connectivity index (χ0n) is 11.6. The van der Waals surface area contributed by atoms with Crippen molar-refractivity contribution in [3.05, 3.63) is 56.8 Å². The van der Waals surface area contributed by atoms with Crippen molar-refractivity contribution in [3.8, 4) is 11.3 Å². The first-order valence-electron chi connectivity index (χ1n) is 6.54. The third kappa shape index (κ3) is 2.63. The van der Waals surface area contributed by atoms with Crippen LogP contribution in [-0.4, -0.2) is 22.0 Å². The predicted molar refractivity (Wildman–Crippen MR) is 85.7 cm³/mol. The Morgan fingerprint density at radius 3 is 2.77 bits per heavy atom. The summed E-state index contributed by atoms with van der Waals surface area (Å²) in [5.74, 6) is -0.550. The van der Waals surface area contributed by atoms with Gasteiger partial charge in [-0.2, -0.15) is 4.98 Å². The van der Waals surface area contributed by atoms with E-state index >= 15 is 0 Å². The number of thiazole rings is 1. The highest BCUT2D eigenvalue weighted by Gasteiger charge is 2.17. The molecule has 0 unspecified atom stereocenters.